The molecule has 0 fully saturated rings. The number of hydrogen-bond acceptors (Lipinski definition) is 3. The summed E-state index contributed by atoms with van der Waals surface area (Å²) in [5.74, 6) is -0.828. The van der Waals surface area contributed by atoms with Gasteiger partial charge in [-0.2, -0.15) is 0 Å². The van der Waals surface area contributed by atoms with Crippen molar-refractivity contribution in [2.45, 2.75) is 19.6 Å². The third-order valence-corrected chi connectivity index (χ3v) is 4.08. The summed E-state index contributed by atoms with van der Waals surface area (Å²) in [5, 5.41) is 0. The van der Waals surface area contributed by atoms with E-state index in [0.717, 1.165) is 12.1 Å². The van der Waals surface area contributed by atoms with Crippen LogP contribution in [0.1, 0.15) is 5.56 Å². The molecule has 3 aromatic carbocycles. The van der Waals surface area contributed by atoms with E-state index in [0.29, 0.717) is 27.8 Å². The molecule has 3 aromatic rings. The smallest absolute Gasteiger partial charge is 0.406 e. The number of ether oxygens (including phenoxy) is 2. The van der Waals surface area contributed by atoms with Crippen molar-refractivity contribution in [2.75, 3.05) is 5.73 Å². The first-order chi connectivity index (χ1) is 13.9. The summed E-state index contributed by atoms with van der Waals surface area (Å²) < 4.78 is 83.0. The molecule has 3 rings (SSSR count). The number of halogens is 6. The second kappa shape index (κ2) is 7.81. The molecule has 0 radical (unpaired) electrons. The van der Waals surface area contributed by atoms with Gasteiger partial charge in [-0.1, -0.05) is 24.3 Å². The molecule has 0 bridgehead atoms. The summed E-state index contributed by atoms with van der Waals surface area (Å²) in [4.78, 5) is 0. The number of nitrogen functional groups attached to an aromatic ring is 1. The van der Waals surface area contributed by atoms with E-state index < -0.39 is 24.2 Å². The molecule has 158 valence electrons. The van der Waals surface area contributed by atoms with Crippen molar-refractivity contribution < 1.29 is 35.8 Å². The van der Waals surface area contributed by atoms with Crippen LogP contribution >= 0.6 is 0 Å². The maximum atomic E-state index is 12.5. The van der Waals surface area contributed by atoms with E-state index in [4.69, 9.17) is 5.73 Å². The summed E-state index contributed by atoms with van der Waals surface area (Å²) in [6.45, 7) is 1.73. The van der Waals surface area contributed by atoms with E-state index in [-0.39, 0.29) is 5.69 Å². The molecule has 30 heavy (non-hydrogen) atoms. The highest BCUT2D eigenvalue weighted by Gasteiger charge is 2.32. The molecule has 0 aliphatic rings. The van der Waals surface area contributed by atoms with E-state index in [1.807, 2.05) is 0 Å². The monoisotopic (exact) mass is 427 g/mol. The molecule has 0 unspecified atom stereocenters. The minimum atomic E-state index is -4.85. The van der Waals surface area contributed by atoms with Crippen LogP contribution in [0.5, 0.6) is 11.5 Å². The lowest BCUT2D eigenvalue weighted by atomic mass is 9.94. The molecular formula is C21H15F6NO2. The van der Waals surface area contributed by atoms with E-state index in [2.05, 4.69) is 9.47 Å². The van der Waals surface area contributed by atoms with Gasteiger partial charge in [0, 0.05) is 16.8 Å². The SMILES string of the molecule is Cc1cc(-c2cccc(OC(F)(F)F)c2)c(N)c(-c2cccc(OC(F)(F)F)c2)c1. The van der Waals surface area contributed by atoms with Crippen molar-refractivity contribution in [1.29, 1.82) is 0 Å². The first-order valence-corrected chi connectivity index (χ1v) is 8.54. The molecule has 2 N–H and O–H groups in total. The van der Waals surface area contributed by atoms with Crippen LogP contribution in [0.3, 0.4) is 0 Å². The molecule has 0 saturated carbocycles. The van der Waals surface area contributed by atoms with Crippen LogP contribution in [0.15, 0.2) is 60.7 Å². The van der Waals surface area contributed by atoms with Gasteiger partial charge in [0.2, 0.25) is 0 Å². The number of hydrogen-bond donors (Lipinski definition) is 1. The van der Waals surface area contributed by atoms with Crippen molar-refractivity contribution in [2.24, 2.45) is 0 Å². The van der Waals surface area contributed by atoms with Gasteiger partial charge in [-0.3, -0.25) is 0 Å². The van der Waals surface area contributed by atoms with Gasteiger partial charge in [0.15, 0.2) is 0 Å². The Morgan fingerprint density at radius 1 is 0.667 bits per heavy atom. The number of anilines is 1. The third kappa shape index (κ3) is 5.37. The molecule has 9 heteroatoms. The van der Waals surface area contributed by atoms with Crippen molar-refractivity contribution in [1.82, 2.24) is 0 Å². The van der Waals surface area contributed by atoms with E-state index in [1.165, 1.54) is 24.3 Å². The fourth-order valence-corrected chi connectivity index (χ4v) is 3.00. The zero-order valence-electron chi connectivity index (χ0n) is 15.4. The average molecular weight is 427 g/mol. The highest BCUT2D eigenvalue weighted by Crippen LogP contribution is 2.39. The van der Waals surface area contributed by atoms with Gasteiger partial charge in [-0.05, 0) is 60.0 Å². The normalized spacial score (nSPS) is 12.0. The molecular weight excluding hydrogens is 412 g/mol. The van der Waals surface area contributed by atoms with Crippen LogP contribution in [0, 0.1) is 6.92 Å². The highest BCUT2D eigenvalue weighted by molar-refractivity contribution is 5.90. The fraction of sp³-hybridized carbons (Fsp3) is 0.143. The number of aryl methyl sites for hydroxylation is 1. The summed E-state index contributed by atoms with van der Waals surface area (Å²) in [7, 11) is 0. The second-order valence-corrected chi connectivity index (χ2v) is 6.42. The Balaban J connectivity index is 2.06. The quantitative estimate of drug-likeness (QED) is 0.372. The third-order valence-electron chi connectivity index (χ3n) is 4.08. The Bertz CT molecular complexity index is 979. The maximum absolute atomic E-state index is 12.5. The predicted molar refractivity (Wildman–Crippen MR) is 99.8 cm³/mol. The van der Waals surface area contributed by atoms with Gasteiger partial charge in [0.1, 0.15) is 11.5 Å². The van der Waals surface area contributed by atoms with Crippen molar-refractivity contribution in [3.05, 3.63) is 66.2 Å². The summed E-state index contributed by atoms with van der Waals surface area (Å²) in [6, 6.07) is 13.9. The molecule has 0 aliphatic heterocycles. The van der Waals surface area contributed by atoms with Crippen LogP contribution in [0.4, 0.5) is 32.0 Å². The Hall–Kier alpha value is -3.36. The first-order valence-electron chi connectivity index (χ1n) is 8.54. The Kier molecular flexibility index (Phi) is 5.56. The zero-order chi connectivity index (χ0) is 22.1. The van der Waals surface area contributed by atoms with E-state index >= 15 is 0 Å². The minimum Gasteiger partial charge on any atom is -0.406 e. The Morgan fingerprint density at radius 3 is 1.43 bits per heavy atom. The largest absolute Gasteiger partial charge is 0.573 e. The molecule has 0 aromatic heterocycles. The summed E-state index contributed by atoms with van der Waals surface area (Å²) in [6.07, 6.45) is -9.69. The lowest BCUT2D eigenvalue weighted by molar-refractivity contribution is -0.275. The highest BCUT2D eigenvalue weighted by atomic mass is 19.4. The van der Waals surface area contributed by atoms with E-state index in [1.54, 1.807) is 31.2 Å². The van der Waals surface area contributed by atoms with Gasteiger partial charge in [-0.15, -0.1) is 26.3 Å². The van der Waals surface area contributed by atoms with Crippen LogP contribution in [0.25, 0.3) is 22.3 Å². The van der Waals surface area contributed by atoms with Gasteiger partial charge >= 0.3 is 12.7 Å². The van der Waals surface area contributed by atoms with Crippen LogP contribution in [0.2, 0.25) is 0 Å². The predicted octanol–water partition coefficient (Wildman–Crippen LogP) is 6.71. The van der Waals surface area contributed by atoms with Gasteiger partial charge < -0.3 is 15.2 Å². The lowest BCUT2D eigenvalue weighted by Gasteiger charge is -2.16. The molecule has 0 saturated heterocycles. The minimum absolute atomic E-state index is 0.189. The fourth-order valence-electron chi connectivity index (χ4n) is 3.00. The van der Waals surface area contributed by atoms with Crippen LogP contribution in [-0.2, 0) is 0 Å². The molecule has 3 nitrogen and oxygen atoms in total. The first kappa shape index (κ1) is 21.4. The number of benzene rings is 3. The molecule has 0 spiro atoms. The Labute approximate surface area is 167 Å². The van der Waals surface area contributed by atoms with Crippen LogP contribution in [-0.4, -0.2) is 12.7 Å². The van der Waals surface area contributed by atoms with Gasteiger partial charge in [0.25, 0.3) is 0 Å². The van der Waals surface area contributed by atoms with Gasteiger partial charge in [-0.25, -0.2) is 0 Å². The van der Waals surface area contributed by atoms with Gasteiger partial charge in [0.05, 0.1) is 0 Å². The standard InChI is InChI=1S/C21H15F6NO2/c1-12-8-17(13-4-2-6-15(10-13)29-20(22,23)24)19(28)18(9-12)14-5-3-7-16(11-14)30-21(25,26)27/h2-11H,28H2,1H3. The summed E-state index contributed by atoms with van der Waals surface area (Å²) >= 11 is 0. The van der Waals surface area contributed by atoms with Crippen molar-refractivity contribution in [3.8, 4) is 33.8 Å². The summed E-state index contributed by atoms with van der Waals surface area (Å²) in [5.41, 5.74) is 8.70. The second-order valence-electron chi connectivity index (χ2n) is 6.42. The lowest BCUT2D eigenvalue weighted by Crippen LogP contribution is -2.17. The van der Waals surface area contributed by atoms with Crippen LogP contribution < -0.4 is 15.2 Å². The molecule has 0 aliphatic carbocycles. The number of alkyl halides is 6. The number of nitrogens with two attached hydrogens (primary N) is 1. The average Bonchev–Trinajstić information content (AvgIpc) is 2.61. The zero-order valence-corrected chi connectivity index (χ0v) is 15.4. The van der Waals surface area contributed by atoms with Crippen molar-refractivity contribution in [3.63, 3.8) is 0 Å². The number of rotatable bonds is 4. The topological polar surface area (TPSA) is 44.5 Å². The molecule has 0 heterocycles. The van der Waals surface area contributed by atoms with E-state index in [9.17, 15) is 26.3 Å². The van der Waals surface area contributed by atoms with Crippen molar-refractivity contribution >= 4 is 5.69 Å². The molecule has 0 amide bonds. The Morgan fingerprint density at radius 2 is 1.07 bits per heavy atom. The maximum Gasteiger partial charge on any atom is 0.573 e. The molecule has 0 atom stereocenters.